The largest absolute Gasteiger partial charge is 0.304 e. The Kier molecular flexibility index (Phi) is 4.67. The van der Waals surface area contributed by atoms with Crippen LogP contribution in [0.3, 0.4) is 0 Å². The average molecular weight is 447 g/mol. The Labute approximate surface area is 187 Å². The highest BCUT2D eigenvalue weighted by atomic mass is 32.2. The van der Waals surface area contributed by atoms with Gasteiger partial charge in [0.2, 0.25) is 5.91 Å². The van der Waals surface area contributed by atoms with Crippen LogP contribution in [0.5, 0.6) is 0 Å². The number of anilines is 2. The third-order valence-electron chi connectivity index (χ3n) is 6.21. The third kappa shape index (κ3) is 2.74. The van der Waals surface area contributed by atoms with Crippen LogP contribution in [0.15, 0.2) is 78.9 Å². The standard InChI is InChI=1S/C25H22N2O4S/c1-2-18-12-14-20(15-13-18)27-23(28)17-32(30,31)25(27)21-10-6-7-11-22(21)26(24(25)29)16-19-8-4-3-5-9-19/h3-15H,2,16-17H2,1H3/t25-/m1/s1. The van der Waals surface area contributed by atoms with E-state index >= 15 is 0 Å². The van der Waals surface area contributed by atoms with Crippen molar-refractivity contribution in [3.63, 3.8) is 0 Å². The van der Waals surface area contributed by atoms with E-state index in [0.717, 1.165) is 17.5 Å². The summed E-state index contributed by atoms with van der Waals surface area (Å²) < 4.78 is 27.1. The van der Waals surface area contributed by atoms with E-state index in [1.807, 2.05) is 49.4 Å². The van der Waals surface area contributed by atoms with Gasteiger partial charge in [0.05, 0.1) is 12.2 Å². The average Bonchev–Trinajstić information content (AvgIpc) is 3.17. The zero-order valence-electron chi connectivity index (χ0n) is 17.6. The van der Waals surface area contributed by atoms with Crippen molar-refractivity contribution in [1.82, 2.24) is 0 Å². The second-order valence-electron chi connectivity index (χ2n) is 8.05. The van der Waals surface area contributed by atoms with Gasteiger partial charge in [-0.1, -0.05) is 67.6 Å². The first-order valence-electron chi connectivity index (χ1n) is 10.5. The van der Waals surface area contributed by atoms with Crippen molar-refractivity contribution in [3.05, 3.63) is 95.6 Å². The molecule has 32 heavy (non-hydrogen) atoms. The van der Waals surface area contributed by atoms with Gasteiger partial charge in [-0.2, -0.15) is 0 Å². The van der Waals surface area contributed by atoms with Crippen LogP contribution in [0, 0.1) is 0 Å². The molecule has 7 heteroatoms. The number of carbonyl (C=O) groups excluding carboxylic acids is 2. The predicted octanol–water partition coefficient (Wildman–Crippen LogP) is 3.41. The summed E-state index contributed by atoms with van der Waals surface area (Å²) in [6, 6.07) is 23.4. The minimum absolute atomic E-state index is 0.213. The predicted molar refractivity (Wildman–Crippen MR) is 123 cm³/mol. The number of amides is 2. The summed E-state index contributed by atoms with van der Waals surface area (Å²) in [5, 5.41) is 0. The molecule has 0 N–H and O–H groups in total. The number of hydrogen-bond acceptors (Lipinski definition) is 4. The van der Waals surface area contributed by atoms with Crippen LogP contribution in [0.1, 0.15) is 23.6 Å². The number of para-hydroxylation sites is 1. The van der Waals surface area contributed by atoms with Crippen LogP contribution in [-0.2, 0) is 37.3 Å². The van der Waals surface area contributed by atoms with Crippen molar-refractivity contribution in [1.29, 1.82) is 0 Å². The van der Waals surface area contributed by atoms with Crippen LogP contribution in [0.25, 0.3) is 0 Å². The first-order valence-corrected chi connectivity index (χ1v) is 12.1. The zero-order chi connectivity index (χ0) is 22.5. The van der Waals surface area contributed by atoms with Gasteiger partial charge in [-0.05, 0) is 35.7 Å². The highest BCUT2D eigenvalue weighted by Gasteiger charge is 2.69. The maximum Gasteiger partial charge on any atom is 0.274 e. The van der Waals surface area contributed by atoms with Crippen LogP contribution in [0.4, 0.5) is 11.4 Å². The first-order chi connectivity index (χ1) is 15.4. The van der Waals surface area contributed by atoms with Crippen LogP contribution in [-0.4, -0.2) is 26.0 Å². The Morgan fingerprint density at radius 2 is 1.50 bits per heavy atom. The van der Waals surface area contributed by atoms with Crippen LogP contribution >= 0.6 is 0 Å². The minimum atomic E-state index is -4.15. The molecule has 2 aliphatic heterocycles. The zero-order valence-corrected chi connectivity index (χ0v) is 18.4. The third-order valence-corrected chi connectivity index (χ3v) is 8.31. The van der Waals surface area contributed by atoms with Crippen molar-refractivity contribution < 1.29 is 18.0 Å². The van der Waals surface area contributed by atoms with Gasteiger partial charge >= 0.3 is 0 Å². The Morgan fingerprint density at radius 3 is 2.19 bits per heavy atom. The molecule has 6 nitrogen and oxygen atoms in total. The van der Waals surface area contributed by atoms with Crippen LogP contribution < -0.4 is 9.80 Å². The maximum atomic E-state index is 14.0. The molecule has 2 heterocycles. The number of aryl methyl sites for hydroxylation is 1. The maximum absolute atomic E-state index is 14.0. The molecular formula is C25H22N2O4S. The number of rotatable bonds is 4. The van der Waals surface area contributed by atoms with Gasteiger partial charge in [0, 0.05) is 11.3 Å². The molecule has 0 aromatic heterocycles. The summed E-state index contributed by atoms with van der Waals surface area (Å²) in [5.74, 6) is -1.92. The molecule has 0 bridgehead atoms. The summed E-state index contributed by atoms with van der Waals surface area (Å²) in [5.41, 5.74) is 3.16. The number of sulfone groups is 1. The van der Waals surface area contributed by atoms with Crippen molar-refractivity contribution in [3.8, 4) is 0 Å². The molecular weight excluding hydrogens is 424 g/mol. The molecule has 0 aliphatic carbocycles. The lowest BCUT2D eigenvalue weighted by molar-refractivity contribution is -0.123. The van der Waals surface area contributed by atoms with Gasteiger partial charge in [0.15, 0.2) is 9.84 Å². The second-order valence-corrected chi connectivity index (χ2v) is 10.2. The van der Waals surface area contributed by atoms with Crippen molar-refractivity contribution in [2.45, 2.75) is 24.8 Å². The fourth-order valence-electron chi connectivity index (χ4n) is 4.70. The van der Waals surface area contributed by atoms with E-state index in [1.165, 1.54) is 9.80 Å². The van der Waals surface area contributed by atoms with Crippen LogP contribution in [0.2, 0.25) is 0 Å². The van der Waals surface area contributed by atoms with Crippen molar-refractivity contribution in [2.24, 2.45) is 0 Å². The number of fused-ring (bicyclic) bond motifs is 2. The van der Waals surface area contributed by atoms with E-state index in [2.05, 4.69) is 0 Å². The van der Waals surface area contributed by atoms with E-state index in [9.17, 15) is 18.0 Å². The number of carbonyl (C=O) groups is 2. The lowest BCUT2D eigenvalue weighted by Gasteiger charge is -2.32. The molecule has 2 amide bonds. The molecule has 5 rings (SSSR count). The fraction of sp³-hybridized carbons (Fsp3) is 0.200. The lowest BCUT2D eigenvalue weighted by Crippen LogP contribution is -2.54. The van der Waals surface area contributed by atoms with Gasteiger partial charge in [0.1, 0.15) is 5.75 Å². The van der Waals surface area contributed by atoms with E-state index in [-0.39, 0.29) is 6.54 Å². The van der Waals surface area contributed by atoms with Gasteiger partial charge in [-0.25, -0.2) is 8.42 Å². The Balaban J connectivity index is 1.72. The second kappa shape index (κ2) is 7.31. The minimum Gasteiger partial charge on any atom is -0.304 e. The molecule has 0 unspecified atom stereocenters. The van der Waals surface area contributed by atoms with E-state index in [0.29, 0.717) is 16.9 Å². The summed E-state index contributed by atoms with van der Waals surface area (Å²) in [7, 11) is -4.15. The molecule has 1 fully saturated rings. The summed E-state index contributed by atoms with van der Waals surface area (Å²) in [6.45, 7) is 2.23. The molecule has 1 saturated heterocycles. The molecule has 0 radical (unpaired) electrons. The van der Waals surface area contributed by atoms with Gasteiger partial charge < -0.3 is 4.90 Å². The number of benzene rings is 3. The fourth-order valence-corrected chi connectivity index (χ4v) is 6.73. The normalized spacial score (nSPS) is 21.4. The molecule has 2 aliphatic rings. The summed E-state index contributed by atoms with van der Waals surface area (Å²) in [6.07, 6.45) is 0.810. The topological polar surface area (TPSA) is 74.8 Å². The molecule has 162 valence electrons. The monoisotopic (exact) mass is 446 g/mol. The number of hydrogen-bond donors (Lipinski definition) is 0. The van der Waals surface area contributed by atoms with E-state index in [4.69, 9.17) is 0 Å². The first kappa shape index (κ1) is 20.5. The highest BCUT2D eigenvalue weighted by molar-refractivity contribution is 7.94. The Hall–Kier alpha value is -3.45. The van der Waals surface area contributed by atoms with Gasteiger partial charge in [-0.3, -0.25) is 14.5 Å². The van der Waals surface area contributed by atoms with Gasteiger partial charge in [0.25, 0.3) is 10.8 Å². The SMILES string of the molecule is CCc1ccc(N2C(=O)CS(=O)(=O)[C@]23C(=O)N(Cc2ccccc2)c2ccccc23)cc1. The van der Waals surface area contributed by atoms with E-state index < -0.39 is 32.3 Å². The molecule has 1 spiro atoms. The molecule has 1 atom stereocenters. The van der Waals surface area contributed by atoms with Crippen molar-refractivity contribution in [2.75, 3.05) is 15.6 Å². The summed E-state index contributed by atoms with van der Waals surface area (Å²) >= 11 is 0. The smallest absolute Gasteiger partial charge is 0.274 e. The molecule has 3 aromatic rings. The lowest BCUT2D eigenvalue weighted by atomic mass is 10.0. The van der Waals surface area contributed by atoms with E-state index in [1.54, 1.807) is 36.4 Å². The van der Waals surface area contributed by atoms with Gasteiger partial charge in [-0.15, -0.1) is 0 Å². The molecule has 0 saturated carbocycles. The summed E-state index contributed by atoms with van der Waals surface area (Å²) in [4.78, 5) is 27.7. The van der Waals surface area contributed by atoms with Crippen molar-refractivity contribution >= 4 is 33.0 Å². The quantitative estimate of drug-likeness (QED) is 0.616. The number of nitrogens with zero attached hydrogens (tertiary/aromatic N) is 2. The Bertz CT molecular complexity index is 1320. The Morgan fingerprint density at radius 1 is 0.844 bits per heavy atom. The molecule has 3 aromatic carbocycles. The highest BCUT2D eigenvalue weighted by Crippen LogP contribution is 2.52.